The fourth-order valence-electron chi connectivity index (χ4n) is 2.34. The van der Waals surface area contributed by atoms with E-state index in [4.69, 9.17) is 18.9 Å². The quantitative estimate of drug-likeness (QED) is 0.608. The monoisotopic (exact) mass is 358 g/mol. The molecule has 0 heterocycles. The number of carbonyl (C=O) groups excluding carboxylic acids is 1. The van der Waals surface area contributed by atoms with E-state index in [1.54, 1.807) is 58.6 Å². The average Bonchev–Trinajstić information content (AvgIpc) is 2.70. The summed E-state index contributed by atoms with van der Waals surface area (Å²) in [5.41, 5.74) is 4.22. The minimum absolute atomic E-state index is 0.353. The lowest BCUT2D eigenvalue weighted by atomic mass is 10.1. The molecule has 0 aliphatic heterocycles. The Morgan fingerprint density at radius 1 is 0.808 bits per heavy atom. The maximum absolute atomic E-state index is 12.4. The van der Waals surface area contributed by atoms with Gasteiger partial charge in [0.1, 0.15) is 23.0 Å². The van der Waals surface area contributed by atoms with Crippen molar-refractivity contribution in [2.75, 3.05) is 28.4 Å². The molecule has 1 N–H and O–H groups in total. The summed E-state index contributed by atoms with van der Waals surface area (Å²) >= 11 is 0. The molecule has 2 aromatic rings. The van der Waals surface area contributed by atoms with Crippen LogP contribution in [0.25, 0.3) is 0 Å². The van der Waals surface area contributed by atoms with Gasteiger partial charge in [0.25, 0.3) is 5.91 Å². The van der Waals surface area contributed by atoms with Crippen molar-refractivity contribution in [3.8, 4) is 23.0 Å². The van der Waals surface area contributed by atoms with Crippen LogP contribution >= 0.6 is 0 Å². The SMILES string of the molecule is COc1ccc(C(=O)NN=C(C)c2ccc(OC)cc2OC)c(OC)c1. The van der Waals surface area contributed by atoms with E-state index < -0.39 is 5.91 Å². The van der Waals surface area contributed by atoms with Crippen LogP contribution in [-0.2, 0) is 0 Å². The number of hydrogen-bond acceptors (Lipinski definition) is 6. The number of methoxy groups -OCH3 is 4. The van der Waals surface area contributed by atoms with E-state index in [9.17, 15) is 4.79 Å². The van der Waals surface area contributed by atoms with Gasteiger partial charge in [-0.05, 0) is 31.2 Å². The van der Waals surface area contributed by atoms with Crippen molar-refractivity contribution in [2.45, 2.75) is 6.92 Å². The summed E-state index contributed by atoms with van der Waals surface area (Å²) < 4.78 is 20.9. The number of hydrogen-bond donors (Lipinski definition) is 1. The Labute approximate surface area is 152 Å². The van der Waals surface area contributed by atoms with Gasteiger partial charge in [0.15, 0.2) is 0 Å². The Bertz CT molecular complexity index is 818. The Kier molecular flexibility index (Phi) is 6.43. The molecule has 0 unspecified atom stereocenters. The van der Waals surface area contributed by atoms with E-state index in [1.165, 1.54) is 7.11 Å². The lowest BCUT2D eigenvalue weighted by Crippen LogP contribution is -2.20. The minimum Gasteiger partial charge on any atom is -0.497 e. The maximum atomic E-state index is 12.4. The molecule has 2 rings (SSSR count). The first-order valence-corrected chi connectivity index (χ1v) is 7.83. The van der Waals surface area contributed by atoms with Gasteiger partial charge in [-0.1, -0.05) is 0 Å². The van der Waals surface area contributed by atoms with Crippen molar-refractivity contribution in [1.82, 2.24) is 5.43 Å². The highest BCUT2D eigenvalue weighted by Crippen LogP contribution is 2.26. The second kappa shape index (κ2) is 8.75. The molecule has 138 valence electrons. The number of amides is 1. The fraction of sp³-hybridized carbons (Fsp3) is 0.263. The molecular formula is C19H22N2O5. The predicted molar refractivity (Wildman–Crippen MR) is 98.8 cm³/mol. The summed E-state index contributed by atoms with van der Waals surface area (Å²) in [6.07, 6.45) is 0. The second-order valence-corrected chi connectivity index (χ2v) is 5.27. The van der Waals surface area contributed by atoms with Crippen LogP contribution in [0.4, 0.5) is 0 Å². The van der Waals surface area contributed by atoms with Gasteiger partial charge in [0.2, 0.25) is 0 Å². The van der Waals surface area contributed by atoms with Gasteiger partial charge in [-0.25, -0.2) is 5.43 Å². The first-order chi connectivity index (χ1) is 12.5. The van der Waals surface area contributed by atoms with E-state index in [2.05, 4.69) is 10.5 Å². The van der Waals surface area contributed by atoms with Gasteiger partial charge in [0, 0.05) is 17.7 Å². The molecule has 2 aromatic carbocycles. The number of benzene rings is 2. The molecule has 7 heteroatoms. The highest BCUT2D eigenvalue weighted by molar-refractivity contribution is 6.03. The predicted octanol–water partition coefficient (Wildman–Crippen LogP) is 2.88. The topological polar surface area (TPSA) is 78.4 Å². The highest BCUT2D eigenvalue weighted by Gasteiger charge is 2.14. The van der Waals surface area contributed by atoms with Gasteiger partial charge in [0.05, 0.1) is 39.7 Å². The normalized spacial score (nSPS) is 10.9. The Hall–Kier alpha value is -3.22. The van der Waals surface area contributed by atoms with Crippen molar-refractivity contribution < 1.29 is 23.7 Å². The summed E-state index contributed by atoms with van der Waals surface area (Å²) in [7, 11) is 6.18. The smallest absolute Gasteiger partial charge is 0.275 e. The van der Waals surface area contributed by atoms with Crippen molar-refractivity contribution in [3.05, 3.63) is 47.5 Å². The van der Waals surface area contributed by atoms with E-state index >= 15 is 0 Å². The third-order valence-electron chi connectivity index (χ3n) is 3.78. The summed E-state index contributed by atoms with van der Waals surface area (Å²) in [6, 6.07) is 10.3. The third-order valence-corrected chi connectivity index (χ3v) is 3.78. The summed E-state index contributed by atoms with van der Waals surface area (Å²) in [5, 5.41) is 4.16. The van der Waals surface area contributed by atoms with Gasteiger partial charge in [-0.2, -0.15) is 5.10 Å². The summed E-state index contributed by atoms with van der Waals surface area (Å²) in [6.45, 7) is 1.77. The van der Waals surface area contributed by atoms with Gasteiger partial charge in [-0.15, -0.1) is 0 Å². The molecule has 26 heavy (non-hydrogen) atoms. The number of hydrazone groups is 1. The molecule has 1 amide bonds. The van der Waals surface area contributed by atoms with Crippen LogP contribution in [-0.4, -0.2) is 40.1 Å². The van der Waals surface area contributed by atoms with Crippen molar-refractivity contribution in [2.24, 2.45) is 5.10 Å². The van der Waals surface area contributed by atoms with Crippen LogP contribution in [0, 0.1) is 0 Å². The molecule has 0 fully saturated rings. The first kappa shape index (κ1) is 19.1. The second-order valence-electron chi connectivity index (χ2n) is 5.27. The van der Waals surface area contributed by atoms with E-state index in [0.29, 0.717) is 34.3 Å². The van der Waals surface area contributed by atoms with Gasteiger partial charge in [-0.3, -0.25) is 4.79 Å². The summed E-state index contributed by atoms with van der Waals surface area (Å²) in [4.78, 5) is 12.4. The Morgan fingerprint density at radius 3 is 1.81 bits per heavy atom. The molecule has 7 nitrogen and oxygen atoms in total. The lowest BCUT2D eigenvalue weighted by Gasteiger charge is -2.11. The molecule has 0 saturated heterocycles. The molecule has 0 bridgehead atoms. The molecular weight excluding hydrogens is 336 g/mol. The standard InChI is InChI=1S/C19H22N2O5/c1-12(15-8-6-13(23-2)10-17(15)25-4)20-21-19(22)16-9-7-14(24-3)11-18(16)26-5/h6-11H,1-5H3,(H,21,22). The zero-order chi connectivity index (χ0) is 19.1. The Morgan fingerprint density at radius 2 is 1.31 bits per heavy atom. The van der Waals surface area contributed by atoms with Crippen LogP contribution in [0.15, 0.2) is 41.5 Å². The van der Waals surface area contributed by atoms with Crippen molar-refractivity contribution >= 4 is 11.6 Å². The van der Waals surface area contributed by atoms with E-state index in [1.807, 2.05) is 6.07 Å². The van der Waals surface area contributed by atoms with Crippen LogP contribution < -0.4 is 24.4 Å². The number of rotatable bonds is 7. The van der Waals surface area contributed by atoms with Crippen LogP contribution in [0.1, 0.15) is 22.8 Å². The number of ether oxygens (including phenoxy) is 4. The van der Waals surface area contributed by atoms with E-state index in [-0.39, 0.29) is 0 Å². The zero-order valence-electron chi connectivity index (χ0n) is 15.5. The molecule has 0 radical (unpaired) electrons. The number of carbonyl (C=O) groups is 1. The first-order valence-electron chi connectivity index (χ1n) is 7.83. The largest absolute Gasteiger partial charge is 0.497 e. The molecule has 0 spiro atoms. The number of nitrogens with one attached hydrogen (secondary N) is 1. The average molecular weight is 358 g/mol. The molecule has 0 aliphatic rings. The molecule has 0 saturated carbocycles. The van der Waals surface area contributed by atoms with Crippen LogP contribution in [0.5, 0.6) is 23.0 Å². The minimum atomic E-state index is -0.392. The lowest BCUT2D eigenvalue weighted by molar-refractivity contribution is 0.0951. The van der Waals surface area contributed by atoms with Crippen LogP contribution in [0.3, 0.4) is 0 Å². The summed E-state index contributed by atoms with van der Waals surface area (Å²) in [5.74, 6) is 1.88. The van der Waals surface area contributed by atoms with Gasteiger partial charge < -0.3 is 18.9 Å². The molecule has 0 atom stereocenters. The highest BCUT2D eigenvalue weighted by atomic mass is 16.5. The van der Waals surface area contributed by atoms with Crippen molar-refractivity contribution in [3.63, 3.8) is 0 Å². The Balaban J connectivity index is 2.22. The van der Waals surface area contributed by atoms with Crippen molar-refractivity contribution in [1.29, 1.82) is 0 Å². The van der Waals surface area contributed by atoms with Gasteiger partial charge >= 0.3 is 0 Å². The van der Waals surface area contributed by atoms with E-state index in [0.717, 1.165) is 5.56 Å². The fourth-order valence-corrected chi connectivity index (χ4v) is 2.34. The third kappa shape index (κ3) is 4.24. The number of nitrogens with zero attached hydrogens (tertiary/aromatic N) is 1. The molecule has 0 aliphatic carbocycles. The van der Waals surface area contributed by atoms with Crippen LogP contribution in [0.2, 0.25) is 0 Å². The maximum Gasteiger partial charge on any atom is 0.275 e. The molecule has 0 aromatic heterocycles. The zero-order valence-corrected chi connectivity index (χ0v) is 15.5.